The molecule has 1 aliphatic carbocycles. The SMILES string of the molecule is O=C(CSc1cnc2ccccc2n1)OCC(=O)c1ccc2c(c1)CCCC2. The molecule has 5 nitrogen and oxygen atoms in total. The highest BCUT2D eigenvalue weighted by molar-refractivity contribution is 7.99. The molecule has 0 unspecified atom stereocenters. The van der Waals surface area contributed by atoms with Gasteiger partial charge in [-0.15, -0.1) is 0 Å². The summed E-state index contributed by atoms with van der Waals surface area (Å²) in [5.41, 5.74) is 4.77. The number of hydrogen-bond acceptors (Lipinski definition) is 6. The number of hydrogen-bond donors (Lipinski definition) is 0. The van der Waals surface area contributed by atoms with E-state index < -0.39 is 5.97 Å². The average Bonchev–Trinajstić information content (AvgIpc) is 2.75. The van der Waals surface area contributed by atoms with E-state index in [-0.39, 0.29) is 18.1 Å². The van der Waals surface area contributed by atoms with Crippen molar-refractivity contribution in [3.63, 3.8) is 0 Å². The Morgan fingerprint density at radius 3 is 2.64 bits per heavy atom. The summed E-state index contributed by atoms with van der Waals surface area (Å²) in [6, 6.07) is 13.4. The van der Waals surface area contributed by atoms with Gasteiger partial charge in [-0.3, -0.25) is 14.6 Å². The number of nitrogens with zero attached hydrogens (tertiary/aromatic N) is 2. The number of ketones is 1. The summed E-state index contributed by atoms with van der Waals surface area (Å²) >= 11 is 1.25. The molecule has 0 saturated heterocycles. The lowest BCUT2D eigenvalue weighted by atomic mass is 9.90. The van der Waals surface area contributed by atoms with Crippen molar-refractivity contribution in [2.45, 2.75) is 30.7 Å². The van der Waals surface area contributed by atoms with E-state index in [0.29, 0.717) is 10.6 Å². The molecular weight excluding hydrogens is 372 g/mol. The lowest BCUT2D eigenvalue weighted by Crippen LogP contribution is -2.16. The maximum atomic E-state index is 12.3. The van der Waals surface area contributed by atoms with Crippen LogP contribution >= 0.6 is 11.8 Å². The van der Waals surface area contributed by atoms with Gasteiger partial charge >= 0.3 is 5.97 Å². The molecule has 1 aliphatic rings. The Morgan fingerprint density at radius 2 is 1.79 bits per heavy atom. The van der Waals surface area contributed by atoms with Gasteiger partial charge in [0.15, 0.2) is 12.4 Å². The monoisotopic (exact) mass is 392 g/mol. The topological polar surface area (TPSA) is 69.2 Å². The van der Waals surface area contributed by atoms with Gasteiger partial charge in [0, 0.05) is 5.56 Å². The van der Waals surface area contributed by atoms with Gasteiger partial charge < -0.3 is 4.74 Å². The third-order valence-corrected chi connectivity index (χ3v) is 5.67. The first kappa shape index (κ1) is 18.6. The van der Waals surface area contributed by atoms with Crippen LogP contribution in [0.1, 0.15) is 34.3 Å². The molecule has 4 rings (SSSR count). The fraction of sp³-hybridized carbons (Fsp3) is 0.273. The van der Waals surface area contributed by atoms with Crippen LogP contribution in [0.25, 0.3) is 11.0 Å². The molecule has 1 heterocycles. The predicted octanol–water partition coefficient (Wildman–Crippen LogP) is 4.03. The summed E-state index contributed by atoms with van der Waals surface area (Å²) in [5.74, 6) is -0.520. The van der Waals surface area contributed by atoms with Gasteiger partial charge in [0.1, 0.15) is 5.03 Å². The predicted molar refractivity (Wildman–Crippen MR) is 109 cm³/mol. The molecule has 0 atom stereocenters. The Kier molecular flexibility index (Phi) is 5.67. The lowest BCUT2D eigenvalue weighted by Gasteiger charge is -2.16. The molecule has 0 bridgehead atoms. The van der Waals surface area contributed by atoms with Crippen molar-refractivity contribution in [3.05, 3.63) is 65.4 Å². The first-order valence-corrected chi connectivity index (χ1v) is 10.3. The van der Waals surface area contributed by atoms with Crippen LogP contribution in [0.5, 0.6) is 0 Å². The molecule has 0 aliphatic heterocycles. The molecule has 142 valence electrons. The van der Waals surface area contributed by atoms with Crippen molar-refractivity contribution in [2.75, 3.05) is 12.4 Å². The summed E-state index contributed by atoms with van der Waals surface area (Å²) < 4.78 is 5.15. The number of ether oxygens (including phenoxy) is 1. The molecule has 0 fully saturated rings. The number of aromatic nitrogens is 2. The molecular formula is C22H20N2O3S. The molecule has 0 saturated carbocycles. The number of carbonyl (C=O) groups is 2. The fourth-order valence-electron chi connectivity index (χ4n) is 3.32. The zero-order chi connectivity index (χ0) is 19.3. The van der Waals surface area contributed by atoms with E-state index in [1.54, 1.807) is 6.20 Å². The van der Waals surface area contributed by atoms with E-state index in [4.69, 9.17) is 4.74 Å². The Balaban J connectivity index is 1.29. The second-order valence-corrected chi connectivity index (χ2v) is 7.76. The third-order valence-electron chi connectivity index (χ3n) is 4.80. The maximum Gasteiger partial charge on any atom is 0.316 e. The molecule has 0 spiro atoms. The highest BCUT2D eigenvalue weighted by Gasteiger charge is 2.15. The summed E-state index contributed by atoms with van der Waals surface area (Å²) in [5, 5.41) is 0.650. The zero-order valence-corrected chi connectivity index (χ0v) is 16.2. The molecule has 28 heavy (non-hydrogen) atoms. The molecule has 6 heteroatoms. The normalized spacial score (nSPS) is 13.1. The lowest BCUT2D eigenvalue weighted by molar-refractivity contribution is -0.139. The van der Waals surface area contributed by atoms with Gasteiger partial charge in [-0.05, 0) is 55.0 Å². The van der Waals surface area contributed by atoms with Crippen molar-refractivity contribution >= 4 is 34.5 Å². The quantitative estimate of drug-likeness (QED) is 0.358. The molecule has 2 aromatic carbocycles. The van der Waals surface area contributed by atoms with Crippen molar-refractivity contribution in [1.29, 1.82) is 0 Å². The van der Waals surface area contributed by atoms with Crippen LogP contribution in [0.4, 0.5) is 0 Å². The van der Waals surface area contributed by atoms with E-state index in [1.165, 1.54) is 29.3 Å². The number of aryl methyl sites for hydroxylation is 2. The Morgan fingerprint density at radius 1 is 1.00 bits per heavy atom. The average molecular weight is 392 g/mol. The standard InChI is InChI=1S/C22H20N2O3S/c25-20(17-10-9-15-5-1-2-6-16(15)11-17)13-27-22(26)14-28-21-12-23-18-7-3-4-8-19(18)24-21/h3-4,7-12H,1-2,5-6,13-14H2. The van der Waals surface area contributed by atoms with Crippen molar-refractivity contribution < 1.29 is 14.3 Å². The maximum absolute atomic E-state index is 12.3. The first-order valence-electron chi connectivity index (χ1n) is 9.34. The van der Waals surface area contributed by atoms with Crippen LogP contribution in [0.15, 0.2) is 53.7 Å². The second-order valence-electron chi connectivity index (χ2n) is 6.76. The fourth-order valence-corrected chi connectivity index (χ4v) is 3.96. The molecule has 0 N–H and O–H groups in total. The zero-order valence-electron chi connectivity index (χ0n) is 15.4. The Bertz CT molecular complexity index is 1040. The van der Waals surface area contributed by atoms with Crippen molar-refractivity contribution in [2.24, 2.45) is 0 Å². The molecule has 3 aromatic rings. The summed E-state index contributed by atoms with van der Waals surface area (Å²) in [6.07, 6.45) is 6.09. The molecule has 0 amide bonds. The van der Waals surface area contributed by atoms with Crippen LogP contribution < -0.4 is 0 Å². The van der Waals surface area contributed by atoms with E-state index in [0.717, 1.165) is 30.3 Å². The van der Waals surface area contributed by atoms with Gasteiger partial charge in [0.25, 0.3) is 0 Å². The smallest absolute Gasteiger partial charge is 0.316 e. The largest absolute Gasteiger partial charge is 0.457 e. The highest BCUT2D eigenvalue weighted by atomic mass is 32.2. The number of carbonyl (C=O) groups excluding carboxylic acids is 2. The minimum atomic E-state index is -0.439. The molecule has 0 radical (unpaired) electrons. The number of benzene rings is 2. The van der Waals surface area contributed by atoms with Crippen LogP contribution in [0.3, 0.4) is 0 Å². The van der Waals surface area contributed by atoms with Gasteiger partial charge in [0.05, 0.1) is 23.0 Å². The number of esters is 1. The minimum absolute atomic E-state index is 0.0878. The Labute approximate surface area is 167 Å². The van der Waals surface area contributed by atoms with Gasteiger partial charge in [0.2, 0.25) is 0 Å². The number of rotatable bonds is 6. The van der Waals surface area contributed by atoms with Gasteiger partial charge in [-0.25, -0.2) is 4.98 Å². The highest BCUT2D eigenvalue weighted by Crippen LogP contribution is 2.22. The Hall–Kier alpha value is -2.73. The van der Waals surface area contributed by atoms with Crippen molar-refractivity contribution in [1.82, 2.24) is 9.97 Å². The first-order chi connectivity index (χ1) is 13.7. The molecule has 1 aromatic heterocycles. The number of fused-ring (bicyclic) bond motifs is 2. The van der Waals surface area contributed by atoms with Gasteiger partial charge in [-0.2, -0.15) is 0 Å². The number of Topliss-reactive ketones (excluding diaryl/α,β-unsaturated/α-hetero) is 1. The van der Waals surface area contributed by atoms with E-state index in [1.807, 2.05) is 42.5 Å². The van der Waals surface area contributed by atoms with Crippen LogP contribution in [-0.4, -0.2) is 34.1 Å². The second kappa shape index (κ2) is 8.52. The third kappa shape index (κ3) is 4.39. The van der Waals surface area contributed by atoms with E-state index >= 15 is 0 Å². The van der Waals surface area contributed by atoms with Gasteiger partial charge in [-0.1, -0.05) is 36.0 Å². The van der Waals surface area contributed by atoms with E-state index in [9.17, 15) is 9.59 Å². The van der Waals surface area contributed by atoms with Crippen LogP contribution in [0, 0.1) is 0 Å². The minimum Gasteiger partial charge on any atom is -0.457 e. The summed E-state index contributed by atoms with van der Waals surface area (Å²) in [4.78, 5) is 33.1. The van der Waals surface area contributed by atoms with Crippen molar-refractivity contribution in [3.8, 4) is 0 Å². The van der Waals surface area contributed by atoms with Crippen LogP contribution in [-0.2, 0) is 22.4 Å². The number of para-hydroxylation sites is 2. The summed E-state index contributed by atoms with van der Waals surface area (Å²) in [6.45, 7) is -0.235. The summed E-state index contributed by atoms with van der Waals surface area (Å²) in [7, 11) is 0. The van der Waals surface area contributed by atoms with Crippen LogP contribution in [0.2, 0.25) is 0 Å². The number of thioether (sulfide) groups is 1. The van der Waals surface area contributed by atoms with E-state index in [2.05, 4.69) is 9.97 Å².